The van der Waals surface area contributed by atoms with Crippen LogP contribution in [0.15, 0.2) is 24.3 Å². The molecule has 1 amide bonds. The van der Waals surface area contributed by atoms with Gasteiger partial charge in [0.25, 0.3) is 5.91 Å². The normalized spacial score (nSPS) is 25.1. The molecule has 1 aromatic carbocycles. The first-order valence-corrected chi connectivity index (χ1v) is 11.0. The molecule has 2 fully saturated rings. The maximum atomic E-state index is 12.6. The number of ether oxygens (including phenoxy) is 1. The van der Waals surface area contributed by atoms with E-state index in [1.165, 1.54) is 37.1 Å². The van der Waals surface area contributed by atoms with Gasteiger partial charge in [-0.15, -0.1) is 0 Å². The van der Waals surface area contributed by atoms with Crippen molar-refractivity contribution in [2.45, 2.75) is 48.2 Å². The second-order valence-electron chi connectivity index (χ2n) is 7.62. The van der Waals surface area contributed by atoms with E-state index in [1.54, 1.807) is 0 Å². The maximum absolute atomic E-state index is 12.6. The molecule has 2 aliphatic rings. The third kappa shape index (κ3) is 6.18. The smallest absolute Gasteiger partial charge is 0.253 e. The van der Waals surface area contributed by atoms with Gasteiger partial charge >= 0.3 is 0 Å². The molecular weight excluding hydrogens is 441 g/mol. The number of benzene rings is 1. The highest BCUT2D eigenvalue weighted by molar-refractivity contribution is 6.68. The van der Waals surface area contributed by atoms with Crippen molar-refractivity contribution in [2.75, 3.05) is 19.7 Å². The number of quaternary nitrogens is 1. The van der Waals surface area contributed by atoms with Gasteiger partial charge in [0, 0.05) is 23.7 Å². The van der Waals surface area contributed by atoms with E-state index in [2.05, 4.69) is 10.2 Å². The molecule has 3 N–H and O–H groups in total. The largest absolute Gasteiger partial charge is 0.595 e. The third-order valence-electron chi connectivity index (χ3n) is 5.64. The molecule has 2 heterocycles. The molecule has 1 aromatic rings. The number of hydrogen-bond acceptors (Lipinski definition) is 5. The van der Waals surface area contributed by atoms with Crippen LogP contribution in [-0.2, 0) is 4.74 Å². The lowest BCUT2D eigenvalue weighted by atomic mass is 9.84. The monoisotopic (exact) mass is 465 g/mol. The Bertz CT molecular complexity index is 700. The van der Waals surface area contributed by atoms with Gasteiger partial charge in [0.2, 0.25) is 3.79 Å². The van der Waals surface area contributed by atoms with E-state index >= 15 is 0 Å². The van der Waals surface area contributed by atoms with Crippen LogP contribution in [0, 0.1) is 11.1 Å². The third-order valence-corrected chi connectivity index (χ3v) is 6.23. The lowest BCUT2D eigenvalue weighted by molar-refractivity contribution is -0.991. The van der Waals surface area contributed by atoms with E-state index < -0.39 is 21.2 Å². The molecule has 0 spiro atoms. The van der Waals surface area contributed by atoms with Crippen molar-refractivity contribution < 1.29 is 20.0 Å². The highest BCUT2D eigenvalue weighted by Gasteiger charge is 2.38. The number of carbonyl (C=O) groups excluding carboxylic acids is 1. The topological polar surface area (TPSA) is 89.3 Å². The van der Waals surface area contributed by atoms with Crippen molar-refractivity contribution in [3.63, 3.8) is 0 Å². The van der Waals surface area contributed by atoms with Crippen molar-refractivity contribution in [1.29, 1.82) is 0 Å². The van der Waals surface area contributed by atoms with Crippen LogP contribution < -0.4 is 10.5 Å². The van der Waals surface area contributed by atoms with Gasteiger partial charge in [0.1, 0.15) is 0 Å². The summed E-state index contributed by atoms with van der Waals surface area (Å²) >= 11 is 18.2. The van der Waals surface area contributed by atoms with E-state index in [0.717, 1.165) is 32.4 Å². The molecule has 4 atom stereocenters. The van der Waals surface area contributed by atoms with Crippen molar-refractivity contribution in [3.05, 3.63) is 35.0 Å². The first-order valence-electron chi connectivity index (χ1n) is 9.82. The van der Waals surface area contributed by atoms with Gasteiger partial charge in [-0.2, -0.15) is 5.23 Å². The van der Waals surface area contributed by atoms with Crippen LogP contribution in [0.2, 0.25) is 0 Å². The molecule has 2 aliphatic heterocycles. The van der Waals surface area contributed by atoms with Gasteiger partial charge in [0.05, 0.1) is 6.61 Å². The quantitative estimate of drug-likeness (QED) is 0.341. The highest BCUT2D eigenvalue weighted by Crippen LogP contribution is 2.34. The first-order chi connectivity index (χ1) is 13.8. The fourth-order valence-corrected chi connectivity index (χ4v) is 4.56. The number of rotatable bonds is 6. The Kier molecular flexibility index (Phi) is 8.03. The number of alkyl halides is 3. The Balaban J connectivity index is 1.64. The van der Waals surface area contributed by atoms with Crippen LogP contribution in [0.4, 0.5) is 5.69 Å². The Morgan fingerprint density at radius 3 is 2.79 bits per heavy atom. The van der Waals surface area contributed by atoms with Crippen molar-refractivity contribution in [2.24, 2.45) is 5.92 Å². The predicted molar refractivity (Wildman–Crippen MR) is 112 cm³/mol. The lowest BCUT2D eigenvalue weighted by Crippen LogP contribution is -2.99. The Morgan fingerprint density at radius 2 is 2.07 bits per heavy atom. The summed E-state index contributed by atoms with van der Waals surface area (Å²) in [6, 6.07) is 6.13. The van der Waals surface area contributed by atoms with Crippen molar-refractivity contribution in [3.8, 4) is 0 Å². The van der Waals surface area contributed by atoms with Gasteiger partial charge in [-0.1, -0.05) is 47.3 Å². The summed E-state index contributed by atoms with van der Waals surface area (Å²) in [7, 11) is 0. The molecule has 162 valence electrons. The molecule has 0 aromatic heterocycles. The van der Waals surface area contributed by atoms with Crippen LogP contribution in [0.5, 0.6) is 0 Å². The number of amides is 1. The van der Waals surface area contributed by atoms with Crippen molar-refractivity contribution in [1.82, 2.24) is 10.2 Å². The van der Waals surface area contributed by atoms with Crippen LogP contribution in [-0.4, -0.2) is 51.8 Å². The molecule has 0 saturated carbocycles. The summed E-state index contributed by atoms with van der Waals surface area (Å²) in [4.78, 5) is 15.1. The summed E-state index contributed by atoms with van der Waals surface area (Å²) in [5, 5.41) is 21.7. The Morgan fingerprint density at radius 1 is 1.31 bits per heavy atom. The van der Waals surface area contributed by atoms with Crippen LogP contribution >= 0.6 is 34.8 Å². The molecule has 4 unspecified atom stereocenters. The average Bonchev–Trinajstić information content (AvgIpc) is 2.70. The van der Waals surface area contributed by atoms with Crippen molar-refractivity contribution >= 4 is 46.4 Å². The van der Waals surface area contributed by atoms with Gasteiger partial charge in [-0.25, -0.2) is 5.21 Å². The van der Waals surface area contributed by atoms with Crippen LogP contribution in [0.25, 0.3) is 0 Å². The fraction of sp³-hybridized carbons (Fsp3) is 0.632. The number of halogens is 3. The zero-order valence-electron chi connectivity index (χ0n) is 16.0. The van der Waals surface area contributed by atoms with Gasteiger partial charge < -0.3 is 20.2 Å². The minimum Gasteiger partial charge on any atom is -0.595 e. The molecule has 2 saturated heterocycles. The van der Waals surface area contributed by atoms with E-state index in [4.69, 9.17) is 44.7 Å². The predicted octanol–water partition coefficient (Wildman–Crippen LogP) is 2.80. The zero-order chi connectivity index (χ0) is 21.0. The molecular formula is C19H26Cl3N3O4. The summed E-state index contributed by atoms with van der Waals surface area (Å²) in [5.74, 6) is -0.237. The standard InChI is InChI=1S/C19H26Cl3N3O4/c20-19(21,22)18(23-17(26)13-5-3-7-15(11-13)25(27)28)29-12-14-6-4-10-24-9-2-1-8-16(14)24/h3,5,7,11,14,16,18,25,27H,1-2,4,6,8-10,12H2,(H,23,26). The van der Waals surface area contributed by atoms with Crippen LogP contribution in [0.1, 0.15) is 42.5 Å². The minimum absolute atomic E-state index is 0.00333. The van der Waals surface area contributed by atoms with Crippen LogP contribution in [0.3, 0.4) is 0 Å². The Hall–Kier alpha value is -0.640. The van der Waals surface area contributed by atoms with Gasteiger partial charge in [0.15, 0.2) is 11.9 Å². The number of carbonyl (C=O) groups is 1. The second-order valence-corrected chi connectivity index (χ2v) is 9.98. The molecule has 29 heavy (non-hydrogen) atoms. The number of piperidine rings is 2. The molecule has 10 heteroatoms. The highest BCUT2D eigenvalue weighted by atomic mass is 35.6. The number of fused-ring (bicyclic) bond motifs is 1. The first kappa shape index (κ1) is 23.0. The second kappa shape index (κ2) is 10.1. The lowest BCUT2D eigenvalue weighted by Gasteiger charge is -2.44. The molecule has 0 radical (unpaired) electrons. The van der Waals surface area contributed by atoms with E-state index in [0.29, 0.717) is 18.6 Å². The fourth-order valence-electron chi connectivity index (χ4n) is 4.21. The summed E-state index contributed by atoms with van der Waals surface area (Å²) in [6.45, 7) is 2.62. The number of nitrogens with zero attached hydrogens (tertiary/aromatic N) is 1. The van der Waals surface area contributed by atoms with Gasteiger partial charge in [-0.3, -0.25) is 4.79 Å². The number of hydrogen-bond donors (Lipinski definition) is 3. The van der Waals surface area contributed by atoms with Gasteiger partial charge in [-0.05, 0) is 50.8 Å². The van der Waals surface area contributed by atoms with E-state index in [1.807, 2.05) is 0 Å². The van der Waals surface area contributed by atoms with E-state index in [-0.39, 0.29) is 11.3 Å². The average molecular weight is 467 g/mol. The zero-order valence-corrected chi connectivity index (χ0v) is 18.2. The molecule has 3 rings (SSSR count). The summed E-state index contributed by atoms with van der Waals surface area (Å²) in [5.41, 5.74) is 0.160. The molecule has 0 bridgehead atoms. The SMILES string of the molecule is O=C(NC(OCC1CCCN2CCCCC12)C(Cl)(Cl)Cl)c1cccc([NH+]([O-])O)c1. The minimum atomic E-state index is -1.86. The summed E-state index contributed by atoms with van der Waals surface area (Å²) in [6.07, 6.45) is 4.59. The van der Waals surface area contributed by atoms with E-state index in [9.17, 15) is 10.0 Å². The summed E-state index contributed by atoms with van der Waals surface area (Å²) < 4.78 is 4.03. The Labute approximate surface area is 185 Å². The maximum Gasteiger partial charge on any atom is 0.253 e. The molecule has 0 aliphatic carbocycles. The molecule has 7 nitrogen and oxygen atoms in total. The number of nitrogens with one attached hydrogen (secondary N) is 2.